The molecule has 0 aromatic heterocycles. The van der Waals surface area contributed by atoms with Crippen molar-refractivity contribution in [2.45, 2.75) is 126 Å². The Morgan fingerprint density at radius 2 is 0.682 bits per heavy atom. The molecule has 0 spiro atoms. The van der Waals surface area contributed by atoms with E-state index in [2.05, 4.69) is 43.5 Å². The molecule has 2 unspecified atom stereocenters. The quantitative estimate of drug-likeness (QED) is 0.00931. The molecule has 2 N–H and O–H groups in total. The first-order valence-corrected chi connectivity index (χ1v) is 39.3. The van der Waals surface area contributed by atoms with Crippen LogP contribution in [0.3, 0.4) is 0 Å². The normalized spacial score (nSPS) is 13.0. The lowest BCUT2D eigenvalue weighted by atomic mass is 9.72. The van der Waals surface area contributed by atoms with E-state index in [0.717, 1.165) is 75.9 Å². The Balaban J connectivity index is 0.000000311. The van der Waals surface area contributed by atoms with E-state index < -0.39 is 82.4 Å². The van der Waals surface area contributed by atoms with E-state index in [1.807, 2.05) is 79.7 Å². The number of hydrogen-bond donors (Lipinski definition) is 2. The van der Waals surface area contributed by atoms with Crippen molar-refractivity contribution in [1.82, 2.24) is 10.6 Å². The molecule has 0 saturated carbocycles. The number of carbonyl (C=O) groups excluding carboxylic acids is 6. The van der Waals surface area contributed by atoms with E-state index in [0.29, 0.717) is 97.9 Å². The van der Waals surface area contributed by atoms with Crippen LogP contribution < -0.4 is 29.6 Å². The fourth-order valence-electron chi connectivity index (χ4n) is 12.9. The number of amides is 2. The van der Waals surface area contributed by atoms with Crippen molar-refractivity contribution in [3.05, 3.63) is 261 Å². The Morgan fingerprint density at radius 1 is 0.382 bits per heavy atom. The van der Waals surface area contributed by atoms with Crippen molar-refractivity contribution in [1.29, 1.82) is 0 Å². The van der Waals surface area contributed by atoms with E-state index >= 15 is 0 Å². The number of benzene rings is 8. The predicted molar refractivity (Wildman–Crippen MR) is 411 cm³/mol. The number of alkyl carbamates (subject to hydrolysis) is 2. The smallest absolute Gasteiger partial charge is 0.497 e. The molecule has 0 aliphatic heterocycles. The Labute approximate surface area is 642 Å². The monoisotopic (exact) mass is 1560 g/mol. The fourth-order valence-corrected chi connectivity index (χ4v) is 15.4. The summed E-state index contributed by atoms with van der Waals surface area (Å²) in [5.74, 6) is -0.197. The van der Waals surface area contributed by atoms with Gasteiger partial charge in [0.2, 0.25) is 5.41 Å². The molecule has 0 heterocycles. The number of halogens is 6. The third kappa shape index (κ3) is 22.2. The maximum absolute atomic E-state index is 14.6. The number of methoxy groups -OCH3 is 2. The topological polar surface area (TPSA) is 219 Å². The molecule has 0 radical (unpaired) electrons. The number of alkyl halides is 6. The molecule has 8 aromatic rings. The Bertz CT molecular complexity index is 4280. The number of rotatable bonds is 36. The van der Waals surface area contributed by atoms with Gasteiger partial charge in [0.1, 0.15) is 23.0 Å². The number of esters is 2. The highest BCUT2D eigenvalue weighted by atomic mass is 28.4. The lowest BCUT2D eigenvalue weighted by Gasteiger charge is -2.38. The van der Waals surface area contributed by atoms with E-state index in [4.69, 9.17) is 46.1 Å². The van der Waals surface area contributed by atoms with Gasteiger partial charge in [-0.2, -0.15) is 26.3 Å². The third-order valence-electron chi connectivity index (χ3n) is 19.9. The molecular weight excluding hydrogens is 1460 g/mol. The first-order chi connectivity index (χ1) is 52.3. The van der Waals surface area contributed by atoms with Crippen LogP contribution in [-0.4, -0.2) is 136 Å². The SMILES string of the molecule is CO[SiH2]CCCNC(=O)OCCCC(C)(c1ccc(OC(=O)c2ccc(C(C)(C)c3ccc(OC)cc3)cc2)cc1)c1ccc(C(C)=O)cc1.COc1ccc(C(c2ccc(C(=O)Oc3ccc(C(C)(CCCOC(=O)NCCC[Si](OC)(OC)OC)c4ccc(C(C)=O)cc4)cc3)cc2)(C(F)(F)F)C(F)(F)F)cc1. The number of nitrogens with one attached hydrogen (secondary N) is 2. The van der Waals surface area contributed by atoms with Gasteiger partial charge in [0.15, 0.2) is 21.3 Å². The minimum absolute atomic E-state index is 0.00369. The van der Waals surface area contributed by atoms with Crippen molar-refractivity contribution >= 4 is 54.3 Å². The van der Waals surface area contributed by atoms with Gasteiger partial charge in [-0.25, -0.2) is 19.2 Å². The Morgan fingerprint density at radius 3 is 1.01 bits per heavy atom. The van der Waals surface area contributed by atoms with Crippen LogP contribution in [0.4, 0.5) is 35.9 Å². The summed E-state index contributed by atoms with van der Waals surface area (Å²) < 4.78 is 141. The third-order valence-corrected chi connectivity index (χ3v) is 23.9. The standard InChI is InChI=1S/C43H47F6NO9Si.C41H49NO7Si/c1-29(51)30-9-13-32(14-10-30)40(2,25-7-27-58-39(53)50-26-8-28-60(55-4,56-5)57-6)33-17-23-37(24-18-33)59-38(52)31-11-15-34(16-12-31)41(42(44,45)46,43(47,48)49)35-19-21-36(54-3)22-20-35;1-29(43)30-9-15-34(16-10-30)41(4,25-7-27-48-39(45)42-26-8-28-50-47-6)35-19-23-37(24-20-35)49-38(44)31-11-13-32(14-12-31)40(2,3)33-17-21-36(46-5)22-18-33/h9-24H,7-8,25-28H2,1-6H3,(H,50,53);9-24H,7-8,25-28,50H2,1-6H3,(H,42,45). The van der Waals surface area contributed by atoms with Crippen LogP contribution in [0.15, 0.2) is 194 Å². The van der Waals surface area contributed by atoms with Gasteiger partial charge in [-0.3, -0.25) is 9.59 Å². The zero-order valence-electron chi connectivity index (χ0n) is 64.0. The fraction of sp³-hybridized carbons (Fsp3) is 0.357. The van der Waals surface area contributed by atoms with Crippen LogP contribution >= 0.6 is 0 Å². The maximum Gasteiger partial charge on any atom is 0.500 e. The highest BCUT2D eigenvalue weighted by Crippen LogP contribution is 2.56. The van der Waals surface area contributed by atoms with Gasteiger partial charge in [0, 0.05) is 74.9 Å². The molecule has 26 heteroatoms. The zero-order chi connectivity index (χ0) is 80.5. The number of Topliss-reactive ketones (excluding diaryl/α,β-unsaturated/α-hetero) is 2. The summed E-state index contributed by atoms with van der Waals surface area (Å²) in [5.41, 5.74) is -0.883. The van der Waals surface area contributed by atoms with Gasteiger partial charge >= 0.3 is 45.3 Å². The van der Waals surface area contributed by atoms with Crippen molar-refractivity contribution in [3.63, 3.8) is 0 Å². The van der Waals surface area contributed by atoms with Gasteiger partial charge in [-0.1, -0.05) is 149 Å². The number of ketones is 2. The highest BCUT2D eigenvalue weighted by molar-refractivity contribution is 6.60. The van der Waals surface area contributed by atoms with Crippen LogP contribution in [0.25, 0.3) is 0 Å². The first kappa shape index (κ1) is 87.3. The van der Waals surface area contributed by atoms with Gasteiger partial charge < -0.3 is 56.8 Å². The van der Waals surface area contributed by atoms with Crippen LogP contribution in [0.1, 0.15) is 166 Å². The van der Waals surface area contributed by atoms with Gasteiger partial charge in [-0.05, 0) is 176 Å². The molecule has 2 amide bonds. The summed E-state index contributed by atoms with van der Waals surface area (Å²) in [5, 5.41) is 5.50. The second-order valence-electron chi connectivity index (χ2n) is 27.2. The summed E-state index contributed by atoms with van der Waals surface area (Å²) in [6.45, 7) is 12.6. The summed E-state index contributed by atoms with van der Waals surface area (Å²) in [6, 6.07) is 52.0. The van der Waals surface area contributed by atoms with Crippen LogP contribution in [0.2, 0.25) is 12.1 Å². The molecule has 18 nitrogen and oxygen atoms in total. The number of hydrogen-bond acceptors (Lipinski definition) is 16. The average Bonchev–Trinajstić information content (AvgIpc) is 0.716. The maximum atomic E-state index is 14.6. The van der Waals surface area contributed by atoms with E-state index in [1.165, 1.54) is 47.5 Å². The summed E-state index contributed by atoms with van der Waals surface area (Å²) in [6.07, 6.45) is -9.02. The van der Waals surface area contributed by atoms with Crippen LogP contribution in [-0.2, 0) is 48.8 Å². The van der Waals surface area contributed by atoms with E-state index in [9.17, 15) is 55.1 Å². The molecular formula is C84H96F6N2O16Si2. The van der Waals surface area contributed by atoms with Gasteiger partial charge in [0.25, 0.3) is 0 Å². The molecule has 0 saturated heterocycles. The first-order valence-electron chi connectivity index (χ1n) is 35.8. The summed E-state index contributed by atoms with van der Waals surface area (Å²) >= 11 is 0. The summed E-state index contributed by atoms with van der Waals surface area (Å²) in [4.78, 5) is 74.8. The number of ether oxygens (including phenoxy) is 6. The number of carbonyl (C=O) groups is 6. The second-order valence-corrected chi connectivity index (χ2v) is 32.0. The molecule has 0 bridgehead atoms. The molecule has 8 aromatic carbocycles. The van der Waals surface area contributed by atoms with Crippen molar-refractivity contribution < 1.29 is 101 Å². The Kier molecular flexibility index (Phi) is 31.4. The zero-order valence-corrected chi connectivity index (χ0v) is 66.4. The van der Waals surface area contributed by atoms with Gasteiger partial charge in [0.05, 0.1) is 38.6 Å². The molecule has 588 valence electrons. The molecule has 110 heavy (non-hydrogen) atoms. The van der Waals surface area contributed by atoms with Crippen molar-refractivity contribution in [2.75, 3.05) is 69.0 Å². The second kappa shape index (κ2) is 39.6. The molecule has 0 aliphatic rings. The minimum atomic E-state index is -5.81. The molecule has 8 rings (SSSR count). The lowest BCUT2D eigenvalue weighted by Crippen LogP contribution is -2.54. The minimum Gasteiger partial charge on any atom is -0.497 e. The highest BCUT2D eigenvalue weighted by Gasteiger charge is 2.72. The van der Waals surface area contributed by atoms with Crippen LogP contribution in [0.5, 0.6) is 23.0 Å². The van der Waals surface area contributed by atoms with Crippen LogP contribution in [0, 0.1) is 0 Å². The largest absolute Gasteiger partial charge is 0.500 e. The Hall–Kier alpha value is -9.97. The average molecular weight is 1560 g/mol. The van der Waals surface area contributed by atoms with E-state index in [1.54, 1.807) is 69.7 Å². The predicted octanol–water partition coefficient (Wildman–Crippen LogP) is 17.4. The lowest BCUT2D eigenvalue weighted by molar-refractivity contribution is -0.288. The molecule has 0 fully saturated rings. The van der Waals surface area contributed by atoms with Crippen molar-refractivity contribution in [2.24, 2.45) is 0 Å². The van der Waals surface area contributed by atoms with Crippen molar-refractivity contribution in [3.8, 4) is 23.0 Å². The van der Waals surface area contributed by atoms with Gasteiger partial charge in [-0.15, -0.1) is 0 Å². The molecule has 2 atom stereocenters. The summed E-state index contributed by atoms with van der Waals surface area (Å²) in [7, 11) is 5.85. The molecule has 0 aliphatic carbocycles. The van der Waals surface area contributed by atoms with E-state index in [-0.39, 0.29) is 47.3 Å².